The predicted molar refractivity (Wildman–Crippen MR) is 75.8 cm³/mol. The molecular formula is C15H21NO4. The third kappa shape index (κ3) is 5.84. The molecule has 1 aromatic carbocycles. The van der Waals surface area contributed by atoms with E-state index in [0.29, 0.717) is 12.0 Å². The summed E-state index contributed by atoms with van der Waals surface area (Å²) in [7, 11) is 0. The largest absolute Gasteiger partial charge is 0.481 e. The third-order valence-corrected chi connectivity index (χ3v) is 3.17. The number of carboxylic acid groups (broad SMARTS) is 2. The Morgan fingerprint density at radius 1 is 1.10 bits per heavy atom. The lowest BCUT2D eigenvalue weighted by molar-refractivity contribution is -0.137. The maximum Gasteiger partial charge on any atom is 0.335 e. The average Bonchev–Trinajstić information content (AvgIpc) is 2.42. The molecule has 0 aromatic heterocycles. The van der Waals surface area contributed by atoms with Crippen LogP contribution in [0.2, 0.25) is 0 Å². The summed E-state index contributed by atoms with van der Waals surface area (Å²) in [5.41, 5.74) is 1.35. The van der Waals surface area contributed by atoms with E-state index in [1.165, 1.54) is 0 Å². The number of benzene rings is 1. The van der Waals surface area contributed by atoms with Crippen LogP contribution in [0.25, 0.3) is 0 Å². The quantitative estimate of drug-likeness (QED) is 0.679. The lowest BCUT2D eigenvalue weighted by Gasteiger charge is -2.20. The topological polar surface area (TPSA) is 77.8 Å². The molecule has 0 radical (unpaired) electrons. The van der Waals surface area contributed by atoms with Crippen molar-refractivity contribution in [1.82, 2.24) is 4.90 Å². The predicted octanol–water partition coefficient (Wildman–Crippen LogP) is 2.46. The second-order valence-electron chi connectivity index (χ2n) is 4.72. The summed E-state index contributed by atoms with van der Waals surface area (Å²) in [5.74, 6) is -1.67. The van der Waals surface area contributed by atoms with Gasteiger partial charge in [0, 0.05) is 13.0 Å². The summed E-state index contributed by atoms with van der Waals surface area (Å²) in [4.78, 5) is 23.4. The van der Waals surface area contributed by atoms with Crippen molar-refractivity contribution in [2.24, 2.45) is 0 Å². The van der Waals surface area contributed by atoms with Crippen molar-refractivity contribution >= 4 is 11.9 Å². The molecule has 20 heavy (non-hydrogen) atoms. The van der Waals surface area contributed by atoms with Crippen LogP contribution in [0.1, 0.15) is 42.1 Å². The number of carbonyl (C=O) groups is 2. The van der Waals surface area contributed by atoms with Crippen LogP contribution >= 0.6 is 0 Å². The zero-order valence-electron chi connectivity index (χ0n) is 11.7. The zero-order chi connectivity index (χ0) is 15.0. The van der Waals surface area contributed by atoms with E-state index in [0.717, 1.165) is 31.6 Å². The number of nitrogens with zero attached hydrogens (tertiary/aromatic N) is 1. The summed E-state index contributed by atoms with van der Waals surface area (Å²) in [6, 6.07) is 6.86. The molecule has 0 aliphatic heterocycles. The van der Waals surface area contributed by atoms with Gasteiger partial charge in [0.05, 0.1) is 5.56 Å². The molecule has 110 valence electrons. The normalized spacial score (nSPS) is 10.7. The van der Waals surface area contributed by atoms with E-state index in [4.69, 9.17) is 10.2 Å². The molecule has 0 heterocycles. The number of hydrogen-bond donors (Lipinski definition) is 2. The van der Waals surface area contributed by atoms with Crippen LogP contribution in [0.15, 0.2) is 24.3 Å². The molecule has 0 bridgehead atoms. The van der Waals surface area contributed by atoms with Gasteiger partial charge in [-0.15, -0.1) is 0 Å². The molecule has 1 aromatic rings. The van der Waals surface area contributed by atoms with Gasteiger partial charge < -0.3 is 10.2 Å². The zero-order valence-corrected chi connectivity index (χ0v) is 11.7. The molecule has 0 atom stereocenters. The number of hydrogen-bond acceptors (Lipinski definition) is 3. The van der Waals surface area contributed by atoms with Crippen LogP contribution in [0.5, 0.6) is 0 Å². The molecular weight excluding hydrogens is 258 g/mol. The van der Waals surface area contributed by atoms with Crippen molar-refractivity contribution in [3.05, 3.63) is 35.4 Å². The molecule has 0 unspecified atom stereocenters. The first-order valence-electron chi connectivity index (χ1n) is 6.79. The number of unbranched alkanes of at least 4 members (excludes halogenated alkanes) is 1. The van der Waals surface area contributed by atoms with Crippen LogP contribution in [0.3, 0.4) is 0 Å². The van der Waals surface area contributed by atoms with Gasteiger partial charge in [-0.1, -0.05) is 19.1 Å². The Balaban J connectivity index is 2.43. The molecule has 0 spiro atoms. The van der Waals surface area contributed by atoms with Gasteiger partial charge in [-0.2, -0.15) is 0 Å². The highest BCUT2D eigenvalue weighted by Crippen LogP contribution is 2.09. The monoisotopic (exact) mass is 279 g/mol. The molecule has 1 rings (SSSR count). The standard InChI is InChI=1S/C15H21NO4/c1-2-16(10-4-3-5-14(17)18)11-12-6-8-13(9-7-12)15(19)20/h6-9H,2-5,10-11H2,1H3,(H,17,18)(H,19,20). The molecule has 5 heteroatoms. The van der Waals surface area contributed by atoms with Crippen LogP contribution in [0.4, 0.5) is 0 Å². The van der Waals surface area contributed by atoms with Gasteiger partial charge in [-0.25, -0.2) is 4.79 Å². The van der Waals surface area contributed by atoms with E-state index in [1.807, 2.05) is 12.1 Å². The summed E-state index contributed by atoms with van der Waals surface area (Å²) in [6.07, 6.45) is 1.75. The first-order chi connectivity index (χ1) is 9.52. The summed E-state index contributed by atoms with van der Waals surface area (Å²) in [6.45, 7) is 4.55. The highest BCUT2D eigenvalue weighted by Gasteiger charge is 2.06. The molecule has 0 amide bonds. The SMILES string of the molecule is CCN(CCCCC(=O)O)Cc1ccc(C(=O)O)cc1. The maximum atomic E-state index is 10.8. The van der Waals surface area contributed by atoms with Gasteiger partial charge in [0.25, 0.3) is 0 Å². The Hall–Kier alpha value is -1.88. The Morgan fingerprint density at radius 3 is 2.25 bits per heavy atom. The van der Waals surface area contributed by atoms with Gasteiger partial charge in [0.2, 0.25) is 0 Å². The van der Waals surface area contributed by atoms with E-state index in [-0.39, 0.29) is 6.42 Å². The maximum absolute atomic E-state index is 10.8. The molecule has 5 nitrogen and oxygen atoms in total. The Bertz CT molecular complexity index is 442. The van der Waals surface area contributed by atoms with Gasteiger partial charge in [0.1, 0.15) is 0 Å². The second kappa shape index (κ2) is 8.32. The van der Waals surface area contributed by atoms with E-state index >= 15 is 0 Å². The highest BCUT2D eigenvalue weighted by atomic mass is 16.4. The number of aliphatic carboxylic acids is 1. The summed E-state index contributed by atoms with van der Waals surface area (Å²) >= 11 is 0. The van der Waals surface area contributed by atoms with Crippen LogP contribution in [-0.2, 0) is 11.3 Å². The van der Waals surface area contributed by atoms with Gasteiger partial charge >= 0.3 is 11.9 Å². The average molecular weight is 279 g/mol. The Labute approximate surface area is 118 Å². The van der Waals surface area contributed by atoms with E-state index in [1.54, 1.807) is 12.1 Å². The van der Waals surface area contributed by atoms with Crippen LogP contribution in [-0.4, -0.2) is 40.1 Å². The summed E-state index contributed by atoms with van der Waals surface area (Å²) < 4.78 is 0. The lowest BCUT2D eigenvalue weighted by Crippen LogP contribution is -2.24. The van der Waals surface area contributed by atoms with Crippen molar-refractivity contribution < 1.29 is 19.8 Å². The van der Waals surface area contributed by atoms with Crippen LogP contribution in [0, 0.1) is 0 Å². The van der Waals surface area contributed by atoms with Gasteiger partial charge in [-0.05, 0) is 43.6 Å². The fraction of sp³-hybridized carbons (Fsp3) is 0.467. The molecule has 0 aliphatic carbocycles. The molecule has 0 aliphatic rings. The number of carboxylic acids is 2. The smallest absolute Gasteiger partial charge is 0.335 e. The second-order valence-corrected chi connectivity index (χ2v) is 4.72. The minimum atomic E-state index is -0.919. The van der Waals surface area contributed by atoms with E-state index in [9.17, 15) is 9.59 Å². The molecule has 0 saturated carbocycles. The highest BCUT2D eigenvalue weighted by molar-refractivity contribution is 5.87. The fourth-order valence-electron chi connectivity index (χ4n) is 1.97. The Morgan fingerprint density at radius 2 is 1.75 bits per heavy atom. The molecule has 0 saturated heterocycles. The first-order valence-corrected chi connectivity index (χ1v) is 6.79. The van der Waals surface area contributed by atoms with Crippen molar-refractivity contribution in [1.29, 1.82) is 0 Å². The Kier molecular flexibility index (Phi) is 6.73. The van der Waals surface area contributed by atoms with Crippen molar-refractivity contribution in [3.8, 4) is 0 Å². The van der Waals surface area contributed by atoms with Gasteiger partial charge in [-0.3, -0.25) is 9.69 Å². The first kappa shape index (κ1) is 16.2. The van der Waals surface area contributed by atoms with Gasteiger partial charge in [0.15, 0.2) is 0 Å². The van der Waals surface area contributed by atoms with E-state index in [2.05, 4.69) is 11.8 Å². The van der Waals surface area contributed by atoms with Crippen molar-refractivity contribution in [2.45, 2.75) is 32.7 Å². The minimum Gasteiger partial charge on any atom is -0.481 e. The van der Waals surface area contributed by atoms with Crippen molar-refractivity contribution in [3.63, 3.8) is 0 Å². The number of aromatic carboxylic acids is 1. The molecule has 2 N–H and O–H groups in total. The summed E-state index contributed by atoms with van der Waals surface area (Å²) in [5, 5.41) is 17.4. The molecule has 0 fully saturated rings. The number of rotatable bonds is 9. The minimum absolute atomic E-state index is 0.213. The fourth-order valence-corrected chi connectivity index (χ4v) is 1.97. The van der Waals surface area contributed by atoms with Crippen LogP contribution < -0.4 is 0 Å². The third-order valence-electron chi connectivity index (χ3n) is 3.17. The lowest BCUT2D eigenvalue weighted by atomic mass is 10.1. The van der Waals surface area contributed by atoms with Crippen molar-refractivity contribution in [2.75, 3.05) is 13.1 Å². The van der Waals surface area contributed by atoms with E-state index < -0.39 is 11.9 Å².